The molecule has 0 atom stereocenters. The first-order valence-corrected chi connectivity index (χ1v) is 11.1. The van der Waals surface area contributed by atoms with Crippen LogP contribution < -0.4 is 9.47 Å². The third-order valence-corrected chi connectivity index (χ3v) is 7.24. The summed E-state index contributed by atoms with van der Waals surface area (Å²) in [6.07, 6.45) is 2.89. The second kappa shape index (κ2) is 8.18. The van der Waals surface area contributed by atoms with E-state index in [1.165, 1.54) is 23.5 Å². The number of sulfonamides is 1. The standard InChI is InChI=1S/C21H21ClN2O4S/c1-27-19-8-7-17(14-18(19)22)29(25,26)24-12-9-16(10-13-24)28-20-6-2-4-15-5-3-11-23-21(15)20/h2-8,11,14,16H,9-10,12-13H2,1H3. The SMILES string of the molecule is COc1ccc(S(=O)(=O)N2CCC(Oc3cccc4cccnc34)CC2)cc1Cl. The molecular formula is C21H21ClN2O4S. The van der Waals surface area contributed by atoms with Gasteiger partial charge in [-0.25, -0.2) is 8.42 Å². The zero-order chi connectivity index (χ0) is 20.4. The predicted molar refractivity (Wildman–Crippen MR) is 112 cm³/mol. The van der Waals surface area contributed by atoms with Gasteiger partial charge in [-0.05, 0) is 43.2 Å². The number of nitrogens with zero attached hydrogens (tertiary/aromatic N) is 2. The highest BCUT2D eigenvalue weighted by Crippen LogP contribution is 2.31. The van der Waals surface area contributed by atoms with E-state index in [1.54, 1.807) is 12.3 Å². The number of hydrogen-bond donors (Lipinski definition) is 0. The Balaban J connectivity index is 1.45. The Kier molecular flexibility index (Phi) is 5.63. The van der Waals surface area contributed by atoms with E-state index < -0.39 is 10.0 Å². The van der Waals surface area contributed by atoms with Crippen molar-refractivity contribution in [1.82, 2.24) is 9.29 Å². The number of methoxy groups -OCH3 is 1. The lowest BCUT2D eigenvalue weighted by Gasteiger charge is -2.31. The average molecular weight is 433 g/mol. The topological polar surface area (TPSA) is 68.7 Å². The molecule has 152 valence electrons. The van der Waals surface area contributed by atoms with Crippen LogP contribution in [0.2, 0.25) is 5.02 Å². The summed E-state index contributed by atoms with van der Waals surface area (Å²) in [4.78, 5) is 4.58. The number of piperidine rings is 1. The van der Waals surface area contributed by atoms with Gasteiger partial charge in [0.05, 0.1) is 17.0 Å². The van der Waals surface area contributed by atoms with Gasteiger partial charge in [0.2, 0.25) is 10.0 Å². The molecular weight excluding hydrogens is 412 g/mol. The molecule has 2 aromatic carbocycles. The van der Waals surface area contributed by atoms with Crippen LogP contribution in [-0.4, -0.2) is 44.0 Å². The molecule has 0 spiro atoms. The van der Waals surface area contributed by atoms with Crippen molar-refractivity contribution in [3.63, 3.8) is 0 Å². The molecule has 0 saturated carbocycles. The molecule has 6 nitrogen and oxygen atoms in total. The monoisotopic (exact) mass is 432 g/mol. The van der Waals surface area contributed by atoms with Gasteiger partial charge in [0, 0.05) is 24.7 Å². The number of halogens is 1. The van der Waals surface area contributed by atoms with Crippen molar-refractivity contribution in [1.29, 1.82) is 0 Å². The Morgan fingerprint density at radius 1 is 1.07 bits per heavy atom. The van der Waals surface area contributed by atoms with Gasteiger partial charge in [0.15, 0.2) is 0 Å². The largest absolute Gasteiger partial charge is 0.495 e. The third-order valence-electron chi connectivity index (χ3n) is 5.05. The summed E-state index contributed by atoms with van der Waals surface area (Å²) in [7, 11) is -2.12. The van der Waals surface area contributed by atoms with Crippen molar-refractivity contribution >= 4 is 32.5 Å². The van der Waals surface area contributed by atoms with Crippen molar-refractivity contribution in [2.24, 2.45) is 0 Å². The smallest absolute Gasteiger partial charge is 0.243 e. The number of fused-ring (bicyclic) bond motifs is 1. The average Bonchev–Trinajstić information content (AvgIpc) is 2.74. The maximum absolute atomic E-state index is 13.0. The Bertz CT molecular complexity index is 1120. The normalized spacial score (nSPS) is 16.1. The molecule has 1 aliphatic rings. The van der Waals surface area contributed by atoms with E-state index in [0.717, 1.165) is 16.7 Å². The predicted octanol–water partition coefficient (Wildman–Crippen LogP) is 4.13. The lowest BCUT2D eigenvalue weighted by atomic mass is 10.1. The van der Waals surface area contributed by atoms with Crippen LogP contribution in [0.1, 0.15) is 12.8 Å². The minimum atomic E-state index is -3.62. The third kappa shape index (κ3) is 4.03. The first kappa shape index (κ1) is 19.9. The van der Waals surface area contributed by atoms with Gasteiger partial charge >= 0.3 is 0 Å². The summed E-state index contributed by atoms with van der Waals surface area (Å²) in [6, 6.07) is 14.2. The Hall–Kier alpha value is -2.35. The number of aromatic nitrogens is 1. The summed E-state index contributed by atoms with van der Waals surface area (Å²) in [6.45, 7) is 0.768. The van der Waals surface area contributed by atoms with Crippen LogP contribution >= 0.6 is 11.6 Å². The second-order valence-corrected chi connectivity index (χ2v) is 9.19. The highest BCUT2D eigenvalue weighted by atomic mass is 35.5. The lowest BCUT2D eigenvalue weighted by Crippen LogP contribution is -2.41. The Morgan fingerprint density at radius 2 is 1.83 bits per heavy atom. The van der Waals surface area contributed by atoms with Crippen LogP contribution in [0.4, 0.5) is 0 Å². The molecule has 0 radical (unpaired) electrons. The van der Waals surface area contributed by atoms with Crippen LogP contribution in [0.5, 0.6) is 11.5 Å². The first-order valence-electron chi connectivity index (χ1n) is 9.33. The quantitative estimate of drug-likeness (QED) is 0.606. The molecule has 8 heteroatoms. The van der Waals surface area contributed by atoms with Crippen LogP contribution in [0.3, 0.4) is 0 Å². The highest BCUT2D eigenvalue weighted by Gasteiger charge is 2.30. The first-order chi connectivity index (χ1) is 14.0. The second-order valence-electron chi connectivity index (χ2n) is 6.85. The number of para-hydroxylation sites is 1. The fourth-order valence-electron chi connectivity index (χ4n) is 3.50. The van der Waals surface area contributed by atoms with E-state index in [-0.39, 0.29) is 16.0 Å². The minimum absolute atomic E-state index is 0.0616. The molecule has 3 aromatic rings. The molecule has 0 aliphatic carbocycles. The molecule has 0 bridgehead atoms. The molecule has 4 rings (SSSR count). The van der Waals surface area contributed by atoms with E-state index in [0.29, 0.717) is 31.7 Å². The zero-order valence-electron chi connectivity index (χ0n) is 15.9. The fraction of sp³-hybridized carbons (Fsp3) is 0.286. The van der Waals surface area contributed by atoms with Crippen LogP contribution in [0, 0.1) is 0 Å². The molecule has 1 aromatic heterocycles. The van der Waals surface area contributed by atoms with Crippen molar-refractivity contribution in [2.75, 3.05) is 20.2 Å². The van der Waals surface area contributed by atoms with Gasteiger partial charge in [-0.3, -0.25) is 4.98 Å². The van der Waals surface area contributed by atoms with Gasteiger partial charge in [-0.2, -0.15) is 4.31 Å². The van der Waals surface area contributed by atoms with Crippen molar-refractivity contribution in [2.45, 2.75) is 23.8 Å². The molecule has 0 amide bonds. The number of rotatable bonds is 5. The van der Waals surface area contributed by atoms with Gasteiger partial charge in [0.25, 0.3) is 0 Å². The van der Waals surface area contributed by atoms with Crippen molar-refractivity contribution in [3.8, 4) is 11.5 Å². The number of hydrogen-bond acceptors (Lipinski definition) is 5. The van der Waals surface area contributed by atoms with Crippen LogP contribution in [0.25, 0.3) is 10.9 Å². The van der Waals surface area contributed by atoms with Crippen LogP contribution in [0.15, 0.2) is 59.6 Å². The molecule has 0 N–H and O–H groups in total. The molecule has 2 heterocycles. The van der Waals surface area contributed by atoms with E-state index in [1.807, 2.05) is 30.3 Å². The summed E-state index contributed by atoms with van der Waals surface area (Å²) in [5, 5.41) is 1.29. The van der Waals surface area contributed by atoms with E-state index in [4.69, 9.17) is 21.1 Å². The van der Waals surface area contributed by atoms with Crippen molar-refractivity contribution in [3.05, 3.63) is 59.8 Å². The summed E-state index contributed by atoms with van der Waals surface area (Å²) in [5.74, 6) is 1.17. The minimum Gasteiger partial charge on any atom is -0.495 e. The van der Waals surface area contributed by atoms with E-state index in [2.05, 4.69) is 4.98 Å². The molecule has 1 fully saturated rings. The molecule has 1 aliphatic heterocycles. The maximum atomic E-state index is 13.0. The Morgan fingerprint density at radius 3 is 2.55 bits per heavy atom. The molecule has 0 unspecified atom stereocenters. The highest BCUT2D eigenvalue weighted by molar-refractivity contribution is 7.89. The summed E-state index contributed by atoms with van der Waals surface area (Å²) < 4.78 is 38.6. The van der Waals surface area contributed by atoms with E-state index >= 15 is 0 Å². The maximum Gasteiger partial charge on any atom is 0.243 e. The zero-order valence-corrected chi connectivity index (χ0v) is 17.5. The lowest BCUT2D eigenvalue weighted by molar-refractivity contribution is 0.136. The van der Waals surface area contributed by atoms with Crippen molar-refractivity contribution < 1.29 is 17.9 Å². The fourth-order valence-corrected chi connectivity index (χ4v) is 5.32. The number of ether oxygens (including phenoxy) is 2. The molecule has 1 saturated heterocycles. The van der Waals surface area contributed by atoms with Gasteiger partial charge < -0.3 is 9.47 Å². The van der Waals surface area contributed by atoms with E-state index in [9.17, 15) is 8.42 Å². The van der Waals surface area contributed by atoms with Gasteiger partial charge in [-0.15, -0.1) is 0 Å². The van der Waals surface area contributed by atoms with Crippen LogP contribution in [-0.2, 0) is 10.0 Å². The number of benzene rings is 2. The molecule has 29 heavy (non-hydrogen) atoms. The summed E-state index contributed by atoms with van der Waals surface area (Å²) in [5.41, 5.74) is 0.818. The Labute approximate surface area is 175 Å². The van der Waals surface area contributed by atoms with Gasteiger partial charge in [0.1, 0.15) is 23.1 Å². The summed E-state index contributed by atoms with van der Waals surface area (Å²) >= 11 is 6.10. The number of pyridine rings is 1. The van der Waals surface area contributed by atoms with Gasteiger partial charge in [-0.1, -0.05) is 29.8 Å².